The SMILES string of the molecule is CC(OC(=O)/C(C#N)=C/c1ccc(N(C)C)cc1)C(=O)N1CCCC1. The highest BCUT2D eigenvalue weighted by atomic mass is 16.5. The predicted molar refractivity (Wildman–Crippen MR) is 95.7 cm³/mol. The minimum Gasteiger partial charge on any atom is -0.448 e. The molecule has 6 nitrogen and oxygen atoms in total. The lowest BCUT2D eigenvalue weighted by Gasteiger charge is -2.20. The van der Waals surface area contributed by atoms with Gasteiger partial charge in [-0.15, -0.1) is 0 Å². The fourth-order valence-corrected chi connectivity index (χ4v) is 2.64. The van der Waals surface area contributed by atoms with E-state index in [1.54, 1.807) is 11.8 Å². The van der Waals surface area contributed by atoms with Crippen LogP contribution >= 0.6 is 0 Å². The second-order valence-electron chi connectivity index (χ2n) is 6.24. The number of ether oxygens (including phenoxy) is 1. The summed E-state index contributed by atoms with van der Waals surface area (Å²) in [6.07, 6.45) is 2.52. The molecule has 0 saturated carbocycles. The van der Waals surface area contributed by atoms with Crippen LogP contribution in [0.4, 0.5) is 5.69 Å². The third-order valence-corrected chi connectivity index (χ3v) is 4.11. The highest BCUT2D eigenvalue weighted by Gasteiger charge is 2.26. The molecular formula is C19H23N3O3. The summed E-state index contributed by atoms with van der Waals surface area (Å²) in [6, 6.07) is 9.28. The molecule has 1 aliphatic rings. The molecule has 1 aliphatic heterocycles. The average Bonchev–Trinajstić information content (AvgIpc) is 3.13. The van der Waals surface area contributed by atoms with Crippen LogP contribution in [0.2, 0.25) is 0 Å². The lowest BCUT2D eigenvalue weighted by atomic mass is 10.1. The molecule has 1 saturated heterocycles. The van der Waals surface area contributed by atoms with E-state index in [2.05, 4.69) is 0 Å². The molecule has 0 aliphatic carbocycles. The standard InChI is InChI=1S/C19H23N3O3/c1-14(18(23)22-10-4-5-11-22)25-19(24)16(13-20)12-15-6-8-17(9-7-15)21(2)3/h6-9,12,14H,4-5,10-11H2,1-3H3/b16-12+. The van der Waals surface area contributed by atoms with E-state index in [0.717, 1.165) is 24.1 Å². The van der Waals surface area contributed by atoms with Gasteiger partial charge in [0.1, 0.15) is 11.6 Å². The maximum atomic E-state index is 12.2. The molecule has 1 unspecified atom stereocenters. The van der Waals surface area contributed by atoms with Gasteiger partial charge >= 0.3 is 5.97 Å². The Kier molecular flexibility index (Phi) is 6.18. The molecule has 0 radical (unpaired) electrons. The van der Waals surface area contributed by atoms with E-state index in [1.807, 2.05) is 49.3 Å². The average molecular weight is 341 g/mol. The lowest BCUT2D eigenvalue weighted by Crippen LogP contribution is -2.38. The molecule has 0 N–H and O–H groups in total. The molecular weight excluding hydrogens is 318 g/mol. The van der Waals surface area contributed by atoms with E-state index >= 15 is 0 Å². The van der Waals surface area contributed by atoms with Crippen molar-refractivity contribution in [3.8, 4) is 6.07 Å². The zero-order valence-corrected chi connectivity index (χ0v) is 14.9. The Bertz CT molecular complexity index is 696. The van der Waals surface area contributed by atoms with Crippen molar-refractivity contribution >= 4 is 23.6 Å². The van der Waals surface area contributed by atoms with Crippen molar-refractivity contribution in [2.75, 3.05) is 32.1 Å². The number of hydrogen-bond acceptors (Lipinski definition) is 5. The number of anilines is 1. The molecule has 0 bridgehead atoms. The number of esters is 1. The number of amides is 1. The first-order chi connectivity index (χ1) is 11.9. The van der Waals surface area contributed by atoms with Gasteiger partial charge in [0.15, 0.2) is 6.10 Å². The Morgan fingerprint density at radius 1 is 1.24 bits per heavy atom. The van der Waals surface area contributed by atoms with Gasteiger partial charge in [-0.2, -0.15) is 5.26 Å². The molecule has 6 heteroatoms. The summed E-state index contributed by atoms with van der Waals surface area (Å²) in [5.41, 5.74) is 1.61. The highest BCUT2D eigenvalue weighted by molar-refractivity contribution is 5.99. The van der Waals surface area contributed by atoms with Crippen LogP contribution in [0.3, 0.4) is 0 Å². The second kappa shape index (κ2) is 8.34. The van der Waals surface area contributed by atoms with Crippen molar-refractivity contribution < 1.29 is 14.3 Å². The van der Waals surface area contributed by atoms with Gasteiger partial charge in [-0.1, -0.05) is 12.1 Å². The highest BCUT2D eigenvalue weighted by Crippen LogP contribution is 2.16. The Morgan fingerprint density at radius 3 is 2.36 bits per heavy atom. The third kappa shape index (κ3) is 4.83. The largest absolute Gasteiger partial charge is 0.448 e. The molecule has 132 valence electrons. The van der Waals surface area contributed by atoms with Crippen LogP contribution in [0, 0.1) is 11.3 Å². The molecule has 2 rings (SSSR count). The van der Waals surface area contributed by atoms with Crippen molar-refractivity contribution in [3.63, 3.8) is 0 Å². The number of nitriles is 1. The maximum Gasteiger partial charge on any atom is 0.349 e. The smallest absolute Gasteiger partial charge is 0.349 e. The molecule has 1 atom stereocenters. The van der Waals surface area contributed by atoms with Crippen LogP contribution in [-0.2, 0) is 14.3 Å². The van der Waals surface area contributed by atoms with Crippen LogP contribution in [0.5, 0.6) is 0 Å². The summed E-state index contributed by atoms with van der Waals surface area (Å²) >= 11 is 0. The number of likely N-dealkylation sites (tertiary alicyclic amines) is 1. The minimum absolute atomic E-state index is 0.126. The zero-order chi connectivity index (χ0) is 18.4. The molecule has 0 spiro atoms. The number of carbonyl (C=O) groups excluding carboxylic acids is 2. The summed E-state index contributed by atoms with van der Waals surface area (Å²) < 4.78 is 5.18. The van der Waals surface area contributed by atoms with Gasteiger partial charge in [-0.3, -0.25) is 4.79 Å². The first kappa shape index (κ1) is 18.5. The third-order valence-electron chi connectivity index (χ3n) is 4.11. The van der Waals surface area contributed by atoms with Crippen LogP contribution in [0.15, 0.2) is 29.8 Å². The summed E-state index contributed by atoms with van der Waals surface area (Å²) in [5.74, 6) is -0.988. The first-order valence-electron chi connectivity index (χ1n) is 8.31. The van der Waals surface area contributed by atoms with E-state index < -0.39 is 12.1 Å². The van der Waals surface area contributed by atoms with Gasteiger partial charge in [0.05, 0.1) is 0 Å². The fourth-order valence-electron chi connectivity index (χ4n) is 2.64. The van der Waals surface area contributed by atoms with Crippen molar-refractivity contribution in [2.45, 2.75) is 25.9 Å². The van der Waals surface area contributed by atoms with Crippen LogP contribution in [-0.4, -0.2) is 50.1 Å². The first-order valence-corrected chi connectivity index (χ1v) is 8.31. The van der Waals surface area contributed by atoms with E-state index in [9.17, 15) is 14.9 Å². The van der Waals surface area contributed by atoms with Crippen molar-refractivity contribution in [2.24, 2.45) is 0 Å². The van der Waals surface area contributed by atoms with E-state index in [1.165, 1.54) is 6.08 Å². The quantitative estimate of drug-likeness (QED) is 0.466. The Labute approximate surface area is 148 Å². The summed E-state index contributed by atoms with van der Waals surface area (Å²) in [6.45, 7) is 2.93. The monoisotopic (exact) mass is 341 g/mol. The van der Waals surface area contributed by atoms with Crippen LogP contribution < -0.4 is 4.90 Å². The van der Waals surface area contributed by atoms with Crippen molar-refractivity contribution in [3.05, 3.63) is 35.4 Å². The van der Waals surface area contributed by atoms with E-state index in [4.69, 9.17) is 4.74 Å². The molecule has 0 aromatic heterocycles. The normalized spacial score (nSPS) is 15.4. The van der Waals surface area contributed by atoms with Gasteiger partial charge in [0.2, 0.25) is 0 Å². The second-order valence-corrected chi connectivity index (χ2v) is 6.24. The van der Waals surface area contributed by atoms with Gasteiger partial charge in [0, 0.05) is 32.9 Å². The summed E-state index contributed by atoms with van der Waals surface area (Å²) in [4.78, 5) is 28.0. The Balaban J connectivity index is 2.04. The molecule has 1 aromatic rings. The maximum absolute atomic E-state index is 12.2. The molecule has 25 heavy (non-hydrogen) atoms. The summed E-state index contributed by atoms with van der Waals surface area (Å²) in [5, 5.41) is 9.24. The number of benzene rings is 1. The number of rotatable bonds is 5. The van der Waals surface area contributed by atoms with Crippen LogP contribution in [0.25, 0.3) is 6.08 Å². The van der Waals surface area contributed by atoms with Gasteiger partial charge in [-0.05, 0) is 43.5 Å². The van der Waals surface area contributed by atoms with Gasteiger partial charge in [-0.25, -0.2) is 4.79 Å². The van der Waals surface area contributed by atoms with E-state index in [-0.39, 0.29) is 11.5 Å². The molecule has 1 aromatic carbocycles. The summed E-state index contributed by atoms with van der Waals surface area (Å²) in [7, 11) is 3.86. The van der Waals surface area contributed by atoms with Crippen LogP contribution in [0.1, 0.15) is 25.3 Å². The molecule has 1 amide bonds. The number of nitrogens with zero attached hydrogens (tertiary/aromatic N) is 3. The van der Waals surface area contributed by atoms with Crippen molar-refractivity contribution in [1.29, 1.82) is 5.26 Å². The van der Waals surface area contributed by atoms with Gasteiger partial charge in [0.25, 0.3) is 5.91 Å². The molecule has 1 fully saturated rings. The molecule has 1 heterocycles. The number of carbonyl (C=O) groups is 2. The Hall–Kier alpha value is -2.81. The fraction of sp³-hybridized carbons (Fsp3) is 0.421. The van der Waals surface area contributed by atoms with Gasteiger partial charge < -0.3 is 14.5 Å². The minimum atomic E-state index is -0.890. The zero-order valence-electron chi connectivity index (χ0n) is 14.9. The van der Waals surface area contributed by atoms with Crippen molar-refractivity contribution in [1.82, 2.24) is 4.90 Å². The number of hydrogen-bond donors (Lipinski definition) is 0. The lowest BCUT2D eigenvalue weighted by molar-refractivity contribution is -0.155. The van der Waals surface area contributed by atoms with E-state index in [0.29, 0.717) is 13.1 Å². The topological polar surface area (TPSA) is 73.6 Å². The Morgan fingerprint density at radius 2 is 1.84 bits per heavy atom. The predicted octanol–water partition coefficient (Wildman–Crippen LogP) is 2.21.